The van der Waals surface area contributed by atoms with Crippen molar-refractivity contribution in [3.63, 3.8) is 0 Å². The molecule has 0 spiro atoms. The smallest absolute Gasteiger partial charge is 0.437 e. The molecule has 2 N–H and O–H groups in total. The molecule has 3 aromatic rings. The van der Waals surface area contributed by atoms with Crippen LogP contribution in [-0.2, 0) is 33.4 Å². The Kier molecular flexibility index (Phi) is 13.9. The van der Waals surface area contributed by atoms with Crippen molar-refractivity contribution in [2.45, 2.75) is 131 Å². The maximum atomic E-state index is 13.0. The van der Waals surface area contributed by atoms with Gasteiger partial charge in [-0.05, 0) is 90.7 Å². The number of benzene rings is 2. The van der Waals surface area contributed by atoms with Crippen molar-refractivity contribution >= 4 is 53.9 Å². The van der Waals surface area contributed by atoms with Crippen molar-refractivity contribution < 1.29 is 34.7 Å². The Morgan fingerprint density at radius 2 is 1.37 bits per heavy atom. The number of thiazole rings is 1. The zero-order valence-electron chi connectivity index (χ0n) is 29.6. The first-order chi connectivity index (χ1) is 23.3. The fraction of sp³-hybridized carbons (Fsp3) is 0.541. The second kappa shape index (κ2) is 17.4. The summed E-state index contributed by atoms with van der Waals surface area (Å²) < 4.78 is 81.4. The third-order valence-electron chi connectivity index (χ3n) is 9.25. The first kappa shape index (κ1) is 39.0. The number of nitrogens with zero attached hydrogens (tertiary/aromatic N) is 2. The molecule has 1 aliphatic heterocycles. The van der Waals surface area contributed by atoms with Crippen LogP contribution in [0.1, 0.15) is 132 Å². The molecule has 270 valence electrons. The average Bonchev–Trinajstić information content (AvgIpc) is 3.61. The van der Waals surface area contributed by atoms with Crippen LogP contribution in [0.15, 0.2) is 41.8 Å². The summed E-state index contributed by atoms with van der Waals surface area (Å²) in [6.45, 7) is 10.2. The van der Waals surface area contributed by atoms with E-state index in [-0.39, 0.29) is 16.6 Å². The molecule has 49 heavy (non-hydrogen) atoms. The summed E-state index contributed by atoms with van der Waals surface area (Å²) in [5.41, 5.74) is 4.88. The highest BCUT2D eigenvalue weighted by Gasteiger charge is 2.38. The van der Waals surface area contributed by atoms with E-state index < -0.39 is 20.6 Å². The Hall–Kier alpha value is -2.77. The number of hydrogen-bond acceptors (Lipinski definition) is 6. The molecule has 2 heterocycles. The van der Waals surface area contributed by atoms with Gasteiger partial charge in [-0.1, -0.05) is 102 Å². The predicted molar refractivity (Wildman–Crippen MR) is 200 cm³/mol. The molecule has 0 saturated carbocycles. The molecule has 0 fully saturated rings. The van der Waals surface area contributed by atoms with Gasteiger partial charge in [-0.3, -0.25) is 4.55 Å². The summed E-state index contributed by atoms with van der Waals surface area (Å²) >= 11 is 1.24. The molecule has 0 unspecified atom stereocenters. The monoisotopic (exact) mass is 733 g/mol. The first-order valence-electron chi connectivity index (χ1n) is 17.8. The topological polar surface area (TPSA) is 125 Å². The molecule has 0 saturated heterocycles. The lowest BCUT2D eigenvalue weighted by atomic mass is 10.00. The molecule has 0 aliphatic carbocycles. The SMILES string of the molecule is CCCCCCC(/C=C1\Oc2ccc(CCCCCC)c(C)c2N1S(=O)(=O)O)=C\c1sc2ccc(CCCCCC)c(C)c2[n+]1S(=O)(=O)O. The maximum absolute atomic E-state index is 13.0. The summed E-state index contributed by atoms with van der Waals surface area (Å²) in [5, 5.41) is 0.283. The van der Waals surface area contributed by atoms with Crippen molar-refractivity contribution in [3.8, 4) is 5.75 Å². The third-order valence-corrected chi connectivity index (χ3v) is 12.1. The van der Waals surface area contributed by atoms with Gasteiger partial charge in [0, 0.05) is 17.7 Å². The van der Waals surface area contributed by atoms with Crippen LogP contribution in [0.25, 0.3) is 16.3 Å². The van der Waals surface area contributed by atoms with E-state index in [4.69, 9.17) is 4.74 Å². The van der Waals surface area contributed by atoms with Crippen molar-refractivity contribution in [1.82, 2.24) is 0 Å². The fourth-order valence-corrected chi connectivity index (χ4v) is 9.61. The largest absolute Gasteiger partial charge is 0.513 e. The highest BCUT2D eigenvalue weighted by atomic mass is 32.2. The molecular weight excluding hydrogens is 681 g/mol. The van der Waals surface area contributed by atoms with Gasteiger partial charge < -0.3 is 4.74 Å². The summed E-state index contributed by atoms with van der Waals surface area (Å²) in [6.07, 6.45) is 17.7. The van der Waals surface area contributed by atoms with Gasteiger partial charge in [-0.2, -0.15) is 12.7 Å². The number of aryl methyl sites for hydroxylation is 3. The van der Waals surface area contributed by atoms with Gasteiger partial charge in [-0.15, -0.1) is 8.42 Å². The van der Waals surface area contributed by atoms with Gasteiger partial charge in [0.2, 0.25) is 11.4 Å². The van der Waals surface area contributed by atoms with E-state index in [0.29, 0.717) is 28.0 Å². The molecule has 0 amide bonds. The Morgan fingerprint density at radius 1 is 0.796 bits per heavy atom. The fourth-order valence-electron chi connectivity index (χ4n) is 6.55. The maximum Gasteiger partial charge on any atom is 0.513 e. The van der Waals surface area contributed by atoms with E-state index >= 15 is 0 Å². The molecule has 12 heteroatoms. The number of ether oxygens (including phenoxy) is 1. The molecule has 4 rings (SSSR count). The summed E-state index contributed by atoms with van der Waals surface area (Å²) in [7, 11) is -9.48. The number of hydrogen-bond donors (Lipinski definition) is 2. The summed E-state index contributed by atoms with van der Waals surface area (Å²) in [4.78, 5) is 0. The van der Waals surface area contributed by atoms with Gasteiger partial charge in [0.1, 0.15) is 10.4 Å². The normalized spacial score (nSPS) is 14.6. The molecule has 0 radical (unpaired) electrons. The molecule has 0 atom stereocenters. The first-order valence-corrected chi connectivity index (χ1v) is 21.4. The van der Waals surface area contributed by atoms with Crippen LogP contribution in [0.3, 0.4) is 0 Å². The Morgan fingerprint density at radius 3 is 1.94 bits per heavy atom. The minimum Gasteiger partial charge on any atom is -0.437 e. The second-order valence-corrected chi connectivity index (χ2v) is 16.6. The van der Waals surface area contributed by atoms with Crippen LogP contribution in [0.2, 0.25) is 0 Å². The number of fused-ring (bicyclic) bond motifs is 2. The second-order valence-electron chi connectivity index (χ2n) is 13.1. The number of rotatable bonds is 19. The number of anilines is 1. The van der Waals surface area contributed by atoms with Crippen LogP contribution in [0.5, 0.6) is 5.75 Å². The molecule has 9 nitrogen and oxygen atoms in total. The zero-order chi connectivity index (χ0) is 35.8. The number of aromatic nitrogens is 1. The average molecular weight is 734 g/mol. The number of allylic oxidation sites excluding steroid dienone is 2. The van der Waals surface area contributed by atoms with E-state index in [1.165, 1.54) is 11.3 Å². The summed E-state index contributed by atoms with van der Waals surface area (Å²) in [6, 6.07) is 7.62. The highest BCUT2D eigenvalue weighted by Crippen LogP contribution is 2.45. The lowest BCUT2D eigenvalue weighted by Crippen LogP contribution is -2.43. The standard InChI is InChI=1S/C37H52N2O7S3/c1-6-9-12-15-18-29(25-34-38(48(40,41)42)36-27(4)30(19-16-13-10-7-2)21-23-32(36)46-34)26-35-39(49(43,44)45)37-28(5)31(20-17-14-11-8-3)22-24-33(37)47-35/h21-26H,6-20H2,1-5H3,(H-,40,41,42,43,44,45)/p+1. The molecule has 2 aromatic carbocycles. The quantitative estimate of drug-likeness (QED) is 0.0714. The Bertz CT molecular complexity index is 1890. The minimum atomic E-state index is -4.78. The highest BCUT2D eigenvalue weighted by molar-refractivity contribution is 7.87. The predicted octanol–water partition coefficient (Wildman–Crippen LogP) is 9.60. The van der Waals surface area contributed by atoms with Crippen molar-refractivity contribution in [3.05, 3.63) is 69.1 Å². The molecule has 1 aliphatic rings. The number of unbranched alkanes of at least 4 members (excludes halogenated alkanes) is 9. The van der Waals surface area contributed by atoms with Crippen LogP contribution in [0, 0.1) is 13.8 Å². The van der Waals surface area contributed by atoms with E-state index in [9.17, 15) is 25.9 Å². The van der Waals surface area contributed by atoms with Crippen LogP contribution >= 0.6 is 11.3 Å². The van der Waals surface area contributed by atoms with Crippen LogP contribution in [0.4, 0.5) is 5.69 Å². The Labute approximate surface area is 297 Å². The van der Waals surface area contributed by atoms with Crippen LogP contribution in [-0.4, -0.2) is 25.9 Å². The third kappa shape index (κ3) is 9.72. The van der Waals surface area contributed by atoms with Crippen molar-refractivity contribution in [2.75, 3.05) is 4.31 Å². The lowest BCUT2D eigenvalue weighted by molar-refractivity contribution is -0.486. The lowest BCUT2D eigenvalue weighted by Gasteiger charge is -2.17. The van der Waals surface area contributed by atoms with Crippen molar-refractivity contribution in [2.24, 2.45) is 0 Å². The van der Waals surface area contributed by atoms with Gasteiger partial charge in [0.25, 0.3) is 5.01 Å². The Balaban J connectivity index is 1.82. The minimum absolute atomic E-state index is 0.0875. The van der Waals surface area contributed by atoms with Gasteiger partial charge >= 0.3 is 20.6 Å². The van der Waals surface area contributed by atoms with Gasteiger partial charge in [0.15, 0.2) is 5.75 Å². The molecule has 0 bridgehead atoms. The molecular formula is C37H53N2O7S3+. The molecule has 1 aromatic heterocycles. The zero-order valence-corrected chi connectivity index (χ0v) is 32.1. The van der Waals surface area contributed by atoms with E-state index in [1.807, 2.05) is 32.0 Å². The van der Waals surface area contributed by atoms with E-state index in [1.54, 1.807) is 18.2 Å². The van der Waals surface area contributed by atoms with E-state index in [0.717, 1.165) is 120 Å². The van der Waals surface area contributed by atoms with Gasteiger partial charge in [-0.25, -0.2) is 4.55 Å². The van der Waals surface area contributed by atoms with Crippen molar-refractivity contribution in [1.29, 1.82) is 0 Å². The van der Waals surface area contributed by atoms with Gasteiger partial charge in [0.05, 0.1) is 0 Å². The van der Waals surface area contributed by atoms with E-state index in [2.05, 4.69) is 20.8 Å². The van der Waals surface area contributed by atoms with Crippen LogP contribution < -0.4 is 13.0 Å². The summed E-state index contributed by atoms with van der Waals surface area (Å²) in [5.74, 6) is 0.233.